The van der Waals surface area contributed by atoms with Crippen molar-refractivity contribution >= 4 is 11.9 Å². The molecule has 3 amide bonds. The first-order chi connectivity index (χ1) is 10.5. The van der Waals surface area contributed by atoms with Crippen LogP contribution in [0.3, 0.4) is 0 Å². The average Bonchev–Trinajstić information content (AvgIpc) is 3.27. The largest absolute Gasteiger partial charge is 0.378 e. The lowest BCUT2D eigenvalue weighted by Gasteiger charge is -2.57. The van der Waals surface area contributed by atoms with Gasteiger partial charge in [0.2, 0.25) is 5.91 Å². The van der Waals surface area contributed by atoms with E-state index in [2.05, 4.69) is 10.6 Å². The smallest absolute Gasteiger partial charge is 0.313 e. The molecule has 1 spiro atoms. The molecule has 0 radical (unpaired) electrons. The fourth-order valence-corrected chi connectivity index (χ4v) is 4.33. The van der Waals surface area contributed by atoms with Crippen LogP contribution in [0.1, 0.15) is 58.3 Å². The van der Waals surface area contributed by atoms with E-state index in [1.54, 1.807) is 0 Å². The van der Waals surface area contributed by atoms with Gasteiger partial charge in [-0.15, -0.1) is 0 Å². The lowest BCUT2D eigenvalue weighted by Crippen LogP contribution is -2.67. The summed E-state index contributed by atoms with van der Waals surface area (Å²) in [6.45, 7) is 2.75. The Balaban J connectivity index is 1.64. The van der Waals surface area contributed by atoms with Gasteiger partial charge < -0.3 is 21.1 Å². The Bertz CT molecular complexity index is 456. The standard InChI is InChI=1S/C16H27N3O3/c1-2-22-12-10-11(15(12)6-4-3-5-7-15)18-13(20)16(8-9-16)19-14(17)21/h11-12H,2-10H2,1H3,(H,18,20)(H3,17,19,21). The van der Waals surface area contributed by atoms with Gasteiger partial charge in [-0.05, 0) is 39.0 Å². The molecular formula is C16H27N3O3. The van der Waals surface area contributed by atoms with Gasteiger partial charge in [-0.1, -0.05) is 19.3 Å². The monoisotopic (exact) mass is 309 g/mol. The zero-order chi connectivity index (χ0) is 15.8. The highest BCUT2D eigenvalue weighted by Gasteiger charge is 2.59. The van der Waals surface area contributed by atoms with Crippen LogP contribution >= 0.6 is 0 Å². The highest BCUT2D eigenvalue weighted by atomic mass is 16.5. The summed E-state index contributed by atoms with van der Waals surface area (Å²) in [5.74, 6) is -0.0730. The molecule has 3 rings (SSSR count). The molecule has 3 saturated carbocycles. The van der Waals surface area contributed by atoms with Crippen molar-refractivity contribution in [2.45, 2.75) is 76.0 Å². The van der Waals surface area contributed by atoms with Crippen LogP contribution in [0.2, 0.25) is 0 Å². The van der Waals surface area contributed by atoms with E-state index in [1.807, 2.05) is 6.92 Å². The molecule has 3 aliphatic rings. The van der Waals surface area contributed by atoms with Crippen molar-refractivity contribution in [2.24, 2.45) is 11.1 Å². The Morgan fingerprint density at radius 1 is 1.18 bits per heavy atom. The van der Waals surface area contributed by atoms with Gasteiger partial charge in [-0.2, -0.15) is 0 Å². The summed E-state index contributed by atoms with van der Waals surface area (Å²) < 4.78 is 5.91. The zero-order valence-corrected chi connectivity index (χ0v) is 13.3. The molecule has 0 aliphatic heterocycles. The molecule has 3 fully saturated rings. The molecule has 6 heteroatoms. The number of nitrogens with one attached hydrogen (secondary N) is 2. The first-order valence-electron chi connectivity index (χ1n) is 8.53. The van der Waals surface area contributed by atoms with E-state index < -0.39 is 11.6 Å². The van der Waals surface area contributed by atoms with Gasteiger partial charge in [0.1, 0.15) is 5.54 Å². The van der Waals surface area contributed by atoms with Gasteiger partial charge >= 0.3 is 6.03 Å². The van der Waals surface area contributed by atoms with Crippen molar-refractivity contribution in [1.29, 1.82) is 0 Å². The molecule has 0 aromatic carbocycles. The number of hydrogen-bond donors (Lipinski definition) is 3. The first kappa shape index (κ1) is 15.6. The van der Waals surface area contributed by atoms with E-state index in [0.29, 0.717) is 12.8 Å². The third-order valence-electron chi connectivity index (χ3n) is 5.79. The fourth-order valence-electron chi connectivity index (χ4n) is 4.33. The van der Waals surface area contributed by atoms with E-state index in [9.17, 15) is 9.59 Å². The van der Waals surface area contributed by atoms with Crippen molar-refractivity contribution in [3.05, 3.63) is 0 Å². The van der Waals surface area contributed by atoms with E-state index in [-0.39, 0.29) is 23.5 Å². The van der Waals surface area contributed by atoms with Crippen molar-refractivity contribution in [3.63, 3.8) is 0 Å². The van der Waals surface area contributed by atoms with Crippen LogP contribution < -0.4 is 16.4 Å². The second-order valence-corrected chi connectivity index (χ2v) is 7.07. The molecule has 22 heavy (non-hydrogen) atoms. The molecule has 2 atom stereocenters. The fraction of sp³-hybridized carbons (Fsp3) is 0.875. The maximum Gasteiger partial charge on any atom is 0.313 e. The maximum atomic E-state index is 12.5. The molecule has 6 nitrogen and oxygen atoms in total. The number of amides is 3. The molecule has 2 unspecified atom stereocenters. The van der Waals surface area contributed by atoms with Crippen molar-refractivity contribution in [1.82, 2.24) is 10.6 Å². The lowest BCUT2D eigenvalue weighted by molar-refractivity contribution is -0.158. The predicted octanol–water partition coefficient (Wildman–Crippen LogP) is 1.43. The van der Waals surface area contributed by atoms with Crippen LogP contribution in [0.4, 0.5) is 4.79 Å². The summed E-state index contributed by atoms with van der Waals surface area (Å²) in [6.07, 6.45) is 8.44. The highest BCUT2D eigenvalue weighted by molar-refractivity contribution is 5.93. The number of hydrogen-bond acceptors (Lipinski definition) is 3. The topological polar surface area (TPSA) is 93.4 Å². The molecule has 4 N–H and O–H groups in total. The summed E-state index contributed by atoms with van der Waals surface area (Å²) in [7, 11) is 0. The van der Waals surface area contributed by atoms with Crippen LogP contribution in [0.5, 0.6) is 0 Å². The summed E-state index contributed by atoms with van der Waals surface area (Å²) in [4.78, 5) is 23.6. The summed E-state index contributed by atoms with van der Waals surface area (Å²) in [6, 6.07) is -0.454. The Hall–Kier alpha value is -1.30. The average molecular weight is 309 g/mol. The van der Waals surface area contributed by atoms with Gasteiger partial charge in [-0.3, -0.25) is 4.79 Å². The molecule has 0 aromatic rings. The number of primary amides is 1. The van der Waals surface area contributed by atoms with Crippen molar-refractivity contribution in [2.75, 3.05) is 6.61 Å². The van der Waals surface area contributed by atoms with E-state index in [4.69, 9.17) is 10.5 Å². The minimum atomic E-state index is -0.752. The Morgan fingerprint density at radius 3 is 2.41 bits per heavy atom. The van der Waals surface area contributed by atoms with Crippen molar-refractivity contribution < 1.29 is 14.3 Å². The van der Waals surface area contributed by atoms with E-state index in [0.717, 1.165) is 25.9 Å². The number of ether oxygens (including phenoxy) is 1. The first-order valence-corrected chi connectivity index (χ1v) is 8.53. The normalized spacial score (nSPS) is 31.1. The number of carbonyl (C=O) groups is 2. The second-order valence-electron chi connectivity index (χ2n) is 7.07. The maximum absolute atomic E-state index is 12.5. The zero-order valence-electron chi connectivity index (χ0n) is 13.3. The minimum absolute atomic E-state index is 0.0730. The van der Waals surface area contributed by atoms with Crippen LogP contribution in [-0.4, -0.2) is 36.2 Å². The Labute approximate surface area is 131 Å². The molecule has 124 valence electrons. The van der Waals surface area contributed by atoms with E-state index >= 15 is 0 Å². The van der Waals surface area contributed by atoms with Gasteiger partial charge in [0.05, 0.1) is 6.10 Å². The number of nitrogens with two attached hydrogens (primary N) is 1. The third kappa shape index (κ3) is 2.57. The van der Waals surface area contributed by atoms with Crippen LogP contribution in [0.15, 0.2) is 0 Å². The summed E-state index contributed by atoms with van der Waals surface area (Å²) >= 11 is 0. The van der Waals surface area contributed by atoms with Crippen LogP contribution in [0, 0.1) is 5.41 Å². The molecule has 0 heterocycles. The highest BCUT2D eigenvalue weighted by Crippen LogP contribution is 2.53. The minimum Gasteiger partial charge on any atom is -0.378 e. The molecule has 0 aromatic heterocycles. The summed E-state index contributed by atoms with van der Waals surface area (Å²) in [5.41, 5.74) is 4.53. The third-order valence-corrected chi connectivity index (χ3v) is 5.79. The SMILES string of the molecule is CCOC1CC(NC(=O)C2(NC(N)=O)CC2)C12CCCCC2. The van der Waals surface area contributed by atoms with Gasteiger partial charge in [0.25, 0.3) is 0 Å². The number of carbonyl (C=O) groups excluding carboxylic acids is 2. The Kier molecular flexibility index (Phi) is 4.05. The van der Waals surface area contributed by atoms with Gasteiger partial charge in [0, 0.05) is 18.1 Å². The quantitative estimate of drug-likeness (QED) is 0.717. The Morgan fingerprint density at radius 2 is 1.86 bits per heavy atom. The second kappa shape index (κ2) is 5.72. The van der Waals surface area contributed by atoms with E-state index in [1.165, 1.54) is 19.3 Å². The lowest BCUT2D eigenvalue weighted by atomic mass is 9.55. The van der Waals surface area contributed by atoms with Crippen LogP contribution in [-0.2, 0) is 9.53 Å². The summed E-state index contributed by atoms with van der Waals surface area (Å²) in [5, 5.41) is 5.79. The predicted molar refractivity (Wildman–Crippen MR) is 82.2 cm³/mol. The number of rotatable bonds is 5. The molecule has 0 bridgehead atoms. The van der Waals surface area contributed by atoms with Crippen molar-refractivity contribution in [3.8, 4) is 0 Å². The van der Waals surface area contributed by atoms with Crippen LogP contribution in [0.25, 0.3) is 0 Å². The molecule has 0 saturated heterocycles. The van der Waals surface area contributed by atoms with Gasteiger partial charge in [0.15, 0.2) is 0 Å². The van der Waals surface area contributed by atoms with Gasteiger partial charge in [-0.25, -0.2) is 4.79 Å². The number of urea groups is 1. The molecule has 3 aliphatic carbocycles. The molecular weight excluding hydrogens is 282 g/mol.